The number of benzene rings is 1. The van der Waals surface area contributed by atoms with Gasteiger partial charge in [0.15, 0.2) is 0 Å². The normalized spacial score (nSPS) is 12.5. The van der Waals surface area contributed by atoms with Gasteiger partial charge in [0, 0.05) is 22.5 Å². The number of carboxylic acid groups (broad SMARTS) is 1. The van der Waals surface area contributed by atoms with Gasteiger partial charge in [0.25, 0.3) is 0 Å². The Kier molecular flexibility index (Phi) is 4.49. The van der Waals surface area contributed by atoms with E-state index in [-0.39, 0.29) is 17.3 Å². The van der Waals surface area contributed by atoms with E-state index in [2.05, 4.69) is 0 Å². The van der Waals surface area contributed by atoms with Crippen LogP contribution in [0.5, 0.6) is 0 Å². The van der Waals surface area contributed by atoms with Gasteiger partial charge in [-0.2, -0.15) is 11.8 Å². The molecule has 0 aliphatic carbocycles. The monoisotopic (exact) mass is 292 g/mol. The molecular weight excluding hydrogens is 276 g/mol. The van der Waals surface area contributed by atoms with E-state index in [1.54, 1.807) is 0 Å². The van der Waals surface area contributed by atoms with Crippen molar-refractivity contribution in [2.24, 2.45) is 0 Å². The van der Waals surface area contributed by atoms with Crippen LogP contribution in [0.1, 0.15) is 24.5 Å². The highest BCUT2D eigenvalue weighted by molar-refractivity contribution is 7.99. The van der Waals surface area contributed by atoms with Crippen LogP contribution in [0.25, 0.3) is 11.0 Å². The lowest BCUT2D eigenvalue weighted by Gasteiger charge is -2.10. The molecule has 106 valence electrons. The van der Waals surface area contributed by atoms with E-state index in [9.17, 15) is 9.59 Å². The zero-order valence-corrected chi connectivity index (χ0v) is 12.2. The molecule has 1 heterocycles. The van der Waals surface area contributed by atoms with Crippen molar-refractivity contribution < 1.29 is 14.3 Å². The number of hydrogen-bond donors (Lipinski definition) is 1. The summed E-state index contributed by atoms with van der Waals surface area (Å²) in [5.41, 5.74) is 2.13. The molecule has 0 saturated heterocycles. The number of carboxylic acids is 1. The summed E-state index contributed by atoms with van der Waals surface area (Å²) < 4.78 is 5.20. The molecule has 1 aromatic heterocycles. The van der Waals surface area contributed by atoms with Crippen molar-refractivity contribution in [3.05, 3.63) is 45.8 Å². The van der Waals surface area contributed by atoms with Crippen molar-refractivity contribution in [1.82, 2.24) is 0 Å². The van der Waals surface area contributed by atoms with Crippen molar-refractivity contribution >= 4 is 28.7 Å². The minimum atomic E-state index is -0.807. The largest absolute Gasteiger partial charge is 0.481 e. The molecule has 0 radical (unpaired) electrons. The van der Waals surface area contributed by atoms with Crippen LogP contribution >= 0.6 is 11.8 Å². The Bertz CT molecular complexity index is 690. The molecule has 5 heteroatoms. The molecule has 0 bridgehead atoms. The van der Waals surface area contributed by atoms with Crippen LogP contribution in [0.2, 0.25) is 0 Å². The summed E-state index contributed by atoms with van der Waals surface area (Å²) >= 11 is 1.52. The van der Waals surface area contributed by atoms with Gasteiger partial charge in [0.1, 0.15) is 5.58 Å². The number of aliphatic carboxylic acids is 1. The molecule has 0 saturated carbocycles. The zero-order chi connectivity index (χ0) is 14.7. The Morgan fingerprint density at radius 1 is 1.40 bits per heavy atom. The molecule has 1 N–H and O–H groups in total. The molecule has 0 amide bonds. The smallest absolute Gasteiger partial charge is 0.336 e. The minimum Gasteiger partial charge on any atom is -0.481 e. The number of aryl methyl sites for hydroxylation is 1. The lowest BCUT2D eigenvalue weighted by Crippen LogP contribution is -2.07. The number of rotatable bonds is 5. The van der Waals surface area contributed by atoms with Gasteiger partial charge >= 0.3 is 11.6 Å². The molecule has 2 rings (SSSR count). The number of fused-ring (bicyclic) bond motifs is 1. The predicted molar refractivity (Wildman–Crippen MR) is 80.2 cm³/mol. The topological polar surface area (TPSA) is 67.5 Å². The van der Waals surface area contributed by atoms with Crippen molar-refractivity contribution in [2.75, 3.05) is 0 Å². The van der Waals surface area contributed by atoms with Crippen LogP contribution in [0.4, 0.5) is 0 Å². The SMILES string of the molecule is Cc1ccc2c(CSC(C)CC(=O)O)cc(=O)oc2c1. The summed E-state index contributed by atoms with van der Waals surface area (Å²) in [4.78, 5) is 22.2. The maximum Gasteiger partial charge on any atom is 0.336 e. The molecule has 1 aromatic carbocycles. The first-order valence-corrected chi connectivity index (χ1v) is 7.37. The summed E-state index contributed by atoms with van der Waals surface area (Å²) in [6.07, 6.45) is 0.114. The van der Waals surface area contributed by atoms with Gasteiger partial charge in [-0.15, -0.1) is 0 Å². The average Bonchev–Trinajstić information content (AvgIpc) is 2.34. The number of hydrogen-bond acceptors (Lipinski definition) is 4. The maximum atomic E-state index is 11.6. The van der Waals surface area contributed by atoms with Gasteiger partial charge in [-0.25, -0.2) is 4.79 Å². The molecule has 0 aliphatic rings. The molecule has 4 nitrogen and oxygen atoms in total. The summed E-state index contributed by atoms with van der Waals surface area (Å²) in [6.45, 7) is 3.81. The van der Waals surface area contributed by atoms with E-state index < -0.39 is 5.97 Å². The Hall–Kier alpha value is -1.75. The second-order valence-corrected chi connectivity index (χ2v) is 6.24. The van der Waals surface area contributed by atoms with Gasteiger partial charge in [0.05, 0.1) is 6.42 Å². The highest BCUT2D eigenvalue weighted by Crippen LogP contribution is 2.25. The Balaban J connectivity index is 2.25. The zero-order valence-electron chi connectivity index (χ0n) is 11.4. The molecule has 20 heavy (non-hydrogen) atoms. The van der Waals surface area contributed by atoms with Gasteiger partial charge in [0.2, 0.25) is 0 Å². The molecule has 1 unspecified atom stereocenters. The Morgan fingerprint density at radius 3 is 2.85 bits per heavy atom. The third-order valence-corrected chi connectivity index (χ3v) is 4.18. The predicted octanol–water partition coefficient (Wildman–Crippen LogP) is 3.20. The Labute approximate surface area is 120 Å². The lowest BCUT2D eigenvalue weighted by atomic mass is 10.1. The minimum absolute atomic E-state index is 0.000227. The highest BCUT2D eigenvalue weighted by atomic mass is 32.2. The molecule has 0 aliphatic heterocycles. The first-order valence-electron chi connectivity index (χ1n) is 6.32. The second kappa shape index (κ2) is 6.13. The number of thioether (sulfide) groups is 1. The van der Waals surface area contributed by atoms with Crippen molar-refractivity contribution in [3.8, 4) is 0 Å². The van der Waals surface area contributed by atoms with E-state index in [0.717, 1.165) is 16.5 Å². The van der Waals surface area contributed by atoms with Crippen LogP contribution in [0, 0.1) is 6.92 Å². The van der Waals surface area contributed by atoms with Crippen LogP contribution in [0.15, 0.2) is 33.5 Å². The van der Waals surface area contributed by atoms with Gasteiger partial charge in [-0.05, 0) is 24.1 Å². The van der Waals surface area contributed by atoms with E-state index in [1.807, 2.05) is 32.0 Å². The molecule has 1 atom stereocenters. The average molecular weight is 292 g/mol. The maximum absolute atomic E-state index is 11.6. The third-order valence-electron chi connectivity index (χ3n) is 2.97. The fourth-order valence-corrected chi connectivity index (χ4v) is 2.96. The van der Waals surface area contributed by atoms with Crippen molar-refractivity contribution in [1.29, 1.82) is 0 Å². The third kappa shape index (κ3) is 3.63. The summed E-state index contributed by atoms with van der Waals surface area (Å²) in [7, 11) is 0. The summed E-state index contributed by atoms with van der Waals surface area (Å²) in [5.74, 6) is -0.211. The van der Waals surface area contributed by atoms with Crippen LogP contribution in [-0.4, -0.2) is 16.3 Å². The van der Waals surface area contributed by atoms with Gasteiger partial charge < -0.3 is 9.52 Å². The Morgan fingerprint density at radius 2 is 2.15 bits per heavy atom. The first kappa shape index (κ1) is 14.7. The standard InChI is InChI=1S/C15H16O4S/c1-9-3-4-12-11(7-15(18)19-13(12)5-9)8-20-10(2)6-14(16)17/h3-5,7,10H,6,8H2,1-2H3,(H,16,17). The molecule has 0 spiro atoms. The van der Waals surface area contributed by atoms with Gasteiger partial charge in [-0.1, -0.05) is 19.1 Å². The fourth-order valence-electron chi connectivity index (χ4n) is 1.99. The molecular formula is C15H16O4S. The molecule has 0 fully saturated rings. The quantitative estimate of drug-likeness (QED) is 0.857. The van der Waals surface area contributed by atoms with Crippen LogP contribution in [-0.2, 0) is 10.5 Å². The van der Waals surface area contributed by atoms with E-state index in [4.69, 9.17) is 9.52 Å². The summed E-state index contributed by atoms with van der Waals surface area (Å²) in [5, 5.41) is 9.66. The fraction of sp³-hybridized carbons (Fsp3) is 0.333. The summed E-state index contributed by atoms with van der Waals surface area (Å²) in [6, 6.07) is 7.23. The number of carbonyl (C=O) groups is 1. The van der Waals surface area contributed by atoms with Crippen molar-refractivity contribution in [2.45, 2.75) is 31.3 Å². The second-order valence-electron chi connectivity index (χ2n) is 4.81. The van der Waals surface area contributed by atoms with E-state index in [1.165, 1.54) is 17.8 Å². The van der Waals surface area contributed by atoms with E-state index >= 15 is 0 Å². The van der Waals surface area contributed by atoms with Crippen LogP contribution < -0.4 is 5.63 Å². The first-order chi connectivity index (χ1) is 9.45. The van der Waals surface area contributed by atoms with Crippen molar-refractivity contribution in [3.63, 3.8) is 0 Å². The van der Waals surface area contributed by atoms with Crippen LogP contribution in [0.3, 0.4) is 0 Å². The lowest BCUT2D eigenvalue weighted by molar-refractivity contribution is -0.136. The van der Waals surface area contributed by atoms with E-state index in [0.29, 0.717) is 11.3 Å². The molecule has 2 aromatic rings. The van der Waals surface area contributed by atoms with Gasteiger partial charge in [-0.3, -0.25) is 4.79 Å². The highest BCUT2D eigenvalue weighted by Gasteiger charge is 2.11.